The van der Waals surface area contributed by atoms with Gasteiger partial charge in [-0.25, -0.2) is 0 Å². The molecule has 0 atom stereocenters. The lowest BCUT2D eigenvalue weighted by atomic mass is 9.99. The Kier molecular flexibility index (Phi) is 3.92. The molecule has 2 heterocycles. The Morgan fingerprint density at radius 2 is 2.05 bits per heavy atom. The number of carbonyl (C=O) groups is 2. The number of piperazine rings is 1. The van der Waals surface area contributed by atoms with E-state index in [-0.39, 0.29) is 18.5 Å². The van der Waals surface area contributed by atoms with Crippen LogP contribution in [0.5, 0.6) is 6.01 Å². The van der Waals surface area contributed by atoms with E-state index in [4.69, 9.17) is 4.74 Å². The molecule has 2 amide bonds. The fourth-order valence-corrected chi connectivity index (χ4v) is 1.88. The van der Waals surface area contributed by atoms with Gasteiger partial charge in [-0.05, 0) is 20.8 Å². The number of aromatic nitrogens is 3. The second kappa shape index (κ2) is 5.51. The normalized spacial score (nSPS) is 17.4. The molecular formula is C12H18N6O3. The van der Waals surface area contributed by atoms with Crippen molar-refractivity contribution in [2.24, 2.45) is 0 Å². The van der Waals surface area contributed by atoms with E-state index in [2.05, 4.69) is 25.6 Å². The van der Waals surface area contributed by atoms with Crippen LogP contribution in [0.2, 0.25) is 0 Å². The summed E-state index contributed by atoms with van der Waals surface area (Å²) in [5.74, 6) is -0.282. The molecule has 0 radical (unpaired) electrons. The van der Waals surface area contributed by atoms with Gasteiger partial charge >= 0.3 is 6.01 Å². The number of amides is 2. The van der Waals surface area contributed by atoms with Gasteiger partial charge < -0.3 is 15.0 Å². The van der Waals surface area contributed by atoms with Crippen LogP contribution in [0.25, 0.3) is 0 Å². The van der Waals surface area contributed by atoms with Gasteiger partial charge in [0, 0.05) is 7.05 Å². The van der Waals surface area contributed by atoms with Crippen molar-refractivity contribution < 1.29 is 14.3 Å². The van der Waals surface area contributed by atoms with E-state index in [0.29, 0.717) is 12.6 Å². The van der Waals surface area contributed by atoms with Crippen molar-refractivity contribution >= 4 is 23.7 Å². The molecule has 9 heteroatoms. The Balaban J connectivity index is 2.45. The number of imide groups is 1. The topological polar surface area (TPSA) is 109 Å². The first-order valence-corrected chi connectivity index (χ1v) is 6.57. The molecule has 0 spiro atoms. The SMILES string of the molecule is CCOc1nc(NC)nc(N2CC(=O)NC(=O)C2(C)C)n1. The molecule has 0 unspecified atom stereocenters. The molecule has 2 N–H and O–H groups in total. The van der Waals surface area contributed by atoms with Crippen molar-refractivity contribution in [3.8, 4) is 6.01 Å². The minimum absolute atomic E-state index is 0.0164. The zero-order valence-electron chi connectivity index (χ0n) is 12.4. The van der Waals surface area contributed by atoms with Crippen LogP contribution in [0.3, 0.4) is 0 Å². The van der Waals surface area contributed by atoms with E-state index in [0.717, 1.165) is 0 Å². The summed E-state index contributed by atoms with van der Waals surface area (Å²) in [7, 11) is 1.66. The summed E-state index contributed by atoms with van der Waals surface area (Å²) in [6, 6.07) is 0.140. The molecule has 21 heavy (non-hydrogen) atoms. The van der Waals surface area contributed by atoms with E-state index < -0.39 is 17.4 Å². The molecule has 1 fully saturated rings. The zero-order chi connectivity index (χ0) is 15.6. The molecule has 1 saturated heterocycles. The second-order valence-corrected chi connectivity index (χ2v) is 4.95. The average molecular weight is 294 g/mol. The number of anilines is 2. The quantitative estimate of drug-likeness (QED) is 0.719. The van der Waals surface area contributed by atoms with Crippen LogP contribution in [0.15, 0.2) is 0 Å². The first kappa shape index (κ1) is 14.9. The molecule has 0 bridgehead atoms. The number of hydrogen-bond donors (Lipinski definition) is 2. The van der Waals surface area contributed by atoms with Crippen molar-refractivity contribution in [1.29, 1.82) is 0 Å². The number of rotatable bonds is 4. The minimum Gasteiger partial charge on any atom is -0.464 e. The monoisotopic (exact) mass is 294 g/mol. The zero-order valence-corrected chi connectivity index (χ0v) is 12.4. The van der Waals surface area contributed by atoms with Crippen molar-refractivity contribution in [2.45, 2.75) is 26.3 Å². The van der Waals surface area contributed by atoms with Gasteiger partial charge in [0.25, 0.3) is 5.91 Å². The second-order valence-electron chi connectivity index (χ2n) is 4.95. The van der Waals surface area contributed by atoms with Crippen molar-refractivity contribution in [1.82, 2.24) is 20.3 Å². The highest BCUT2D eigenvalue weighted by Gasteiger charge is 2.42. The molecule has 0 saturated carbocycles. The first-order chi connectivity index (χ1) is 9.88. The lowest BCUT2D eigenvalue weighted by molar-refractivity contribution is -0.135. The predicted octanol–water partition coefficient (Wildman–Crippen LogP) is -0.447. The van der Waals surface area contributed by atoms with Crippen LogP contribution >= 0.6 is 0 Å². The summed E-state index contributed by atoms with van der Waals surface area (Å²) < 4.78 is 5.29. The van der Waals surface area contributed by atoms with Crippen LogP contribution < -0.4 is 20.3 Å². The van der Waals surface area contributed by atoms with Gasteiger partial charge in [-0.3, -0.25) is 14.9 Å². The Morgan fingerprint density at radius 3 is 2.67 bits per heavy atom. The summed E-state index contributed by atoms with van der Waals surface area (Å²) >= 11 is 0. The Labute approximate surface area is 122 Å². The fraction of sp³-hybridized carbons (Fsp3) is 0.583. The summed E-state index contributed by atoms with van der Waals surface area (Å²) in [5.41, 5.74) is -0.955. The summed E-state index contributed by atoms with van der Waals surface area (Å²) in [6.45, 7) is 5.58. The first-order valence-electron chi connectivity index (χ1n) is 6.57. The molecule has 1 aromatic heterocycles. The highest BCUT2D eigenvalue weighted by molar-refractivity contribution is 6.06. The predicted molar refractivity (Wildman–Crippen MR) is 75.1 cm³/mol. The van der Waals surface area contributed by atoms with Gasteiger partial charge in [-0.15, -0.1) is 0 Å². The van der Waals surface area contributed by atoms with E-state index in [1.807, 2.05) is 6.92 Å². The van der Waals surface area contributed by atoms with Gasteiger partial charge in [-0.1, -0.05) is 0 Å². The average Bonchev–Trinajstić information content (AvgIpc) is 2.43. The van der Waals surface area contributed by atoms with Crippen molar-refractivity contribution in [3.63, 3.8) is 0 Å². The van der Waals surface area contributed by atoms with Crippen LogP contribution in [0.4, 0.5) is 11.9 Å². The molecule has 0 aliphatic carbocycles. The highest BCUT2D eigenvalue weighted by atomic mass is 16.5. The van der Waals surface area contributed by atoms with Gasteiger partial charge in [-0.2, -0.15) is 15.0 Å². The third-order valence-electron chi connectivity index (χ3n) is 3.13. The van der Waals surface area contributed by atoms with Gasteiger partial charge in [0.2, 0.25) is 17.8 Å². The Bertz CT molecular complexity index is 574. The maximum atomic E-state index is 12.0. The lowest BCUT2D eigenvalue weighted by Crippen LogP contribution is -2.64. The van der Waals surface area contributed by atoms with Gasteiger partial charge in [0.05, 0.1) is 6.61 Å². The Morgan fingerprint density at radius 1 is 1.33 bits per heavy atom. The van der Waals surface area contributed by atoms with Crippen LogP contribution in [-0.2, 0) is 9.59 Å². The summed E-state index contributed by atoms with van der Waals surface area (Å²) in [6.07, 6.45) is 0. The van der Waals surface area contributed by atoms with E-state index in [1.54, 1.807) is 20.9 Å². The van der Waals surface area contributed by atoms with E-state index >= 15 is 0 Å². The minimum atomic E-state index is -0.955. The number of nitrogens with zero attached hydrogens (tertiary/aromatic N) is 4. The van der Waals surface area contributed by atoms with Crippen molar-refractivity contribution in [3.05, 3.63) is 0 Å². The number of nitrogens with one attached hydrogen (secondary N) is 2. The summed E-state index contributed by atoms with van der Waals surface area (Å²) in [4.78, 5) is 37.6. The third kappa shape index (κ3) is 2.86. The third-order valence-corrected chi connectivity index (χ3v) is 3.13. The van der Waals surface area contributed by atoms with Crippen molar-refractivity contribution in [2.75, 3.05) is 30.4 Å². The fourth-order valence-electron chi connectivity index (χ4n) is 1.88. The molecule has 114 valence electrons. The largest absolute Gasteiger partial charge is 0.464 e. The van der Waals surface area contributed by atoms with Crippen LogP contribution in [-0.4, -0.2) is 52.5 Å². The molecule has 1 aromatic rings. The number of carbonyl (C=O) groups excluding carboxylic acids is 2. The molecule has 9 nitrogen and oxygen atoms in total. The Hall–Kier alpha value is -2.45. The van der Waals surface area contributed by atoms with Crippen LogP contribution in [0.1, 0.15) is 20.8 Å². The molecule has 1 aliphatic heterocycles. The molecule has 2 rings (SSSR count). The maximum Gasteiger partial charge on any atom is 0.323 e. The van der Waals surface area contributed by atoms with Gasteiger partial charge in [0.1, 0.15) is 12.1 Å². The smallest absolute Gasteiger partial charge is 0.323 e. The highest BCUT2D eigenvalue weighted by Crippen LogP contribution is 2.25. The van der Waals surface area contributed by atoms with E-state index in [9.17, 15) is 9.59 Å². The maximum absolute atomic E-state index is 12.0. The standard InChI is InChI=1S/C12H18N6O3/c1-5-21-11-16-9(13-4)15-10(17-11)18-6-7(19)14-8(20)12(18,2)3/h5-6H2,1-4H3,(H,14,19,20)(H,13,15,16,17). The number of ether oxygens (including phenoxy) is 1. The lowest BCUT2D eigenvalue weighted by Gasteiger charge is -2.39. The number of hydrogen-bond acceptors (Lipinski definition) is 8. The van der Waals surface area contributed by atoms with E-state index in [1.165, 1.54) is 4.90 Å². The summed E-state index contributed by atoms with van der Waals surface area (Å²) in [5, 5.41) is 5.10. The molecular weight excluding hydrogens is 276 g/mol. The van der Waals surface area contributed by atoms with Crippen LogP contribution in [0, 0.1) is 0 Å². The van der Waals surface area contributed by atoms with Gasteiger partial charge in [0.15, 0.2) is 0 Å². The molecule has 1 aliphatic rings. The molecule has 0 aromatic carbocycles.